The monoisotopic (exact) mass is 349 g/mol. The Kier molecular flexibility index (Phi) is 5.71. The maximum Gasteiger partial charge on any atom is 0.223 e. The number of hydrogen-bond donors (Lipinski definition) is 1. The van der Waals surface area contributed by atoms with Crippen LogP contribution in [0, 0.1) is 5.92 Å². The number of carbonyl (C=O) groups is 1. The van der Waals surface area contributed by atoms with Gasteiger partial charge in [0.25, 0.3) is 0 Å². The summed E-state index contributed by atoms with van der Waals surface area (Å²) in [6.07, 6.45) is 1.72. The van der Waals surface area contributed by atoms with Crippen LogP contribution >= 0.6 is 0 Å². The average molecular weight is 349 g/mol. The molecule has 1 heterocycles. The van der Waals surface area contributed by atoms with Crippen molar-refractivity contribution in [2.75, 3.05) is 0 Å². The largest absolute Gasteiger partial charge is 0.349 e. The Hall–Kier alpha value is -2.62. The second-order valence-corrected chi connectivity index (χ2v) is 6.70. The van der Waals surface area contributed by atoms with Gasteiger partial charge in [0.05, 0.1) is 23.6 Å². The number of para-hydroxylation sites is 2. The van der Waals surface area contributed by atoms with Gasteiger partial charge in [-0.05, 0) is 37.5 Å². The van der Waals surface area contributed by atoms with Gasteiger partial charge in [0.1, 0.15) is 5.82 Å². The zero-order chi connectivity index (χ0) is 18.5. The summed E-state index contributed by atoms with van der Waals surface area (Å²) in [6.45, 7) is 6.73. The van der Waals surface area contributed by atoms with Crippen LogP contribution in [-0.4, -0.2) is 15.5 Å². The summed E-state index contributed by atoms with van der Waals surface area (Å²) in [5.74, 6) is 1.07. The first-order valence-electron chi connectivity index (χ1n) is 9.44. The van der Waals surface area contributed by atoms with Crippen molar-refractivity contribution in [3.63, 3.8) is 0 Å². The lowest BCUT2D eigenvalue weighted by molar-refractivity contribution is -0.125. The van der Waals surface area contributed by atoms with Gasteiger partial charge in [0, 0.05) is 5.92 Å². The first-order valence-corrected chi connectivity index (χ1v) is 9.44. The summed E-state index contributed by atoms with van der Waals surface area (Å²) in [6, 6.07) is 18.7. The van der Waals surface area contributed by atoms with Crippen LogP contribution in [0.1, 0.15) is 51.0 Å². The van der Waals surface area contributed by atoms with Gasteiger partial charge >= 0.3 is 0 Å². The van der Waals surface area contributed by atoms with Gasteiger partial charge in [0.15, 0.2) is 0 Å². The predicted molar refractivity (Wildman–Crippen MR) is 106 cm³/mol. The molecule has 3 rings (SSSR count). The minimum atomic E-state index is 0.0689. The summed E-state index contributed by atoms with van der Waals surface area (Å²) < 4.78 is 2.23. The van der Waals surface area contributed by atoms with Crippen molar-refractivity contribution in [1.82, 2.24) is 14.9 Å². The second kappa shape index (κ2) is 8.17. The van der Waals surface area contributed by atoms with Gasteiger partial charge in [-0.25, -0.2) is 4.98 Å². The van der Waals surface area contributed by atoms with E-state index in [1.54, 1.807) is 0 Å². The molecule has 1 unspecified atom stereocenters. The van der Waals surface area contributed by atoms with E-state index in [0.29, 0.717) is 6.54 Å². The van der Waals surface area contributed by atoms with E-state index < -0.39 is 0 Å². The molecular weight excluding hydrogens is 322 g/mol. The number of imidazole rings is 1. The van der Waals surface area contributed by atoms with Crippen molar-refractivity contribution in [2.24, 2.45) is 5.92 Å². The van der Waals surface area contributed by atoms with Crippen molar-refractivity contribution in [3.05, 3.63) is 66.0 Å². The molecule has 0 aliphatic carbocycles. The van der Waals surface area contributed by atoms with E-state index in [4.69, 9.17) is 4.98 Å². The Morgan fingerprint density at radius 2 is 1.69 bits per heavy atom. The number of nitrogens with one attached hydrogen (secondary N) is 1. The molecule has 0 radical (unpaired) electrons. The zero-order valence-electron chi connectivity index (χ0n) is 15.8. The number of fused-ring (bicyclic) bond motifs is 1. The Bertz CT molecular complexity index is 865. The number of carbonyl (C=O) groups excluding carboxylic acids is 1. The highest BCUT2D eigenvalue weighted by Gasteiger charge is 2.19. The maximum atomic E-state index is 12.4. The van der Waals surface area contributed by atoms with Crippen molar-refractivity contribution in [2.45, 2.75) is 46.2 Å². The average Bonchev–Trinajstić information content (AvgIpc) is 3.05. The maximum absolute atomic E-state index is 12.4. The van der Waals surface area contributed by atoms with Crippen LogP contribution < -0.4 is 5.32 Å². The topological polar surface area (TPSA) is 46.9 Å². The minimum Gasteiger partial charge on any atom is -0.349 e. The molecule has 0 bridgehead atoms. The van der Waals surface area contributed by atoms with Crippen molar-refractivity contribution >= 4 is 16.9 Å². The first-order chi connectivity index (χ1) is 12.7. The first kappa shape index (κ1) is 18.2. The van der Waals surface area contributed by atoms with E-state index in [1.165, 1.54) is 5.56 Å². The molecule has 0 aliphatic rings. The highest BCUT2D eigenvalue weighted by Crippen LogP contribution is 2.26. The van der Waals surface area contributed by atoms with Crippen molar-refractivity contribution in [1.29, 1.82) is 0 Å². The molecule has 0 saturated carbocycles. The summed E-state index contributed by atoms with van der Waals surface area (Å²) >= 11 is 0. The lowest BCUT2D eigenvalue weighted by Crippen LogP contribution is -2.31. The van der Waals surface area contributed by atoms with Crippen LogP contribution in [0.15, 0.2) is 54.6 Å². The molecule has 1 atom stereocenters. The molecule has 0 aliphatic heterocycles. The lowest BCUT2D eigenvalue weighted by Gasteiger charge is -2.19. The molecule has 2 aromatic carbocycles. The Balaban J connectivity index is 1.94. The zero-order valence-corrected chi connectivity index (χ0v) is 15.8. The third-order valence-corrected chi connectivity index (χ3v) is 5.12. The van der Waals surface area contributed by atoms with Crippen LogP contribution in [0.25, 0.3) is 11.0 Å². The van der Waals surface area contributed by atoms with Crippen LogP contribution in [-0.2, 0) is 11.3 Å². The van der Waals surface area contributed by atoms with Gasteiger partial charge in [-0.1, -0.05) is 56.3 Å². The summed E-state index contributed by atoms with van der Waals surface area (Å²) in [5, 5.41) is 3.09. The van der Waals surface area contributed by atoms with Crippen molar-refractivity contribution < 1.29 is 4.79 Å². The smallest absolute Gasteiger partial charge is 0.223 e. The third kappa shape index (κ3) is 3.64. The molecular formula is C22H27N3O. The molecule has 0 spiro atoms. The molecule has 0 fully saturated rings. The van der Waals surface area contributed by atoms with E-state index in [9.17, 15) is 4.79 Å². The van der Waals surface area contributed by atoms with Crippen LogP contribution in [0.5, 0.6) is 0 Å². The molecule has 1 N–H and O–H groups in total. The lowest BCUT2D eigenvalue weighted by atomic mass is 10.0. The number of hydrogen-bond acceptors (Lipinski definition) is 2. The molecule has 4 heteroatoms. The molecule has 26 heavy (non-hydrogen) atoms. The number of amides is 1. The summed E-state index contributed by atoms with van der Waals surface area (Å²) in [7, 11) is 0. The normalized spacial score (nSPS) is 12.5. The predicted octanol–water partition coefficient (Wildman–Crippen LogP) is 4.70. The van der Waals surface area contributed by atoms with Crippen molar-refractivity contribution in [3.8, 4) is 0 Å². The van der Waals surface area contributed by atoms with Gasteiger partial charge in [-0.2, -0.15) is 0 Å². The van der Waals surface area contributed by atoms with Gasteiger partial charge in [0.2, 0.25) is 5.91 Å². The highest BCUT2D eigenvalue weighted by atomic mass is 16.1. The standard InChI is InChI=1S/C22H27N3O/c1-4-17(5-2)22(26)23-15-21-24-19-13-9-10-14-20(19)25(21)16(3)18-11-7-6-8-12-18/h6-14,16-17H,4-5,15H2,1-3H3,(H,23,26). The van der Waals surface area contributed by atoms with Crippen LogP contribution in [0.2, 0.25) is 0 Å². The molecule has 0 saturated heterocycles. The fraction of sp³-hybridized carbons (Fsp3) is 0.364. The molecule has 1 amide bonds. The molecule has 136 valence electrons. The third-order valence-electron chi connectivity index (χ3n) is 5.12. The number of rotatable bonds is 7. The number of benzene rings is 2. The quantitative estimate of drug-likeness (QED) is 0.672. The molecule has 3 aromatic rings. The van der Waals surface area contributed by atoms with Gasteiger partial charge in [-0.15, -0.1) is 0 Å². The van der Waals surface area contributed by atoms with Crippen LogP contribution in [0.4, 0.5) is 0 Å². The summed E-state index contributed by atoms with van der Waals surface area (Å²) in [4.78, 5) is 17.2. The molecule has 1 aromatic heterocycles. The number of aromatic nitrogens is 2. The highest BCUT2D eigenvalue weighted by molar-refractivity contribution is 5.79. The second-order valence-electron chi connectivity index (χ2n) is 6.70. The van der Waals surface area contributed by atoms with Crippen LogP contribution in [0.3, 0.4) is 0 Å². The van der Waals surface area contributed by atoms with Gasteiger partial charge in [-0.3, -0.25) is 4.79 Å². The van der Waals surface area contributed by atoms with E-state index >= 15 is 0 Å². The number of nitrogens with zero attached hydrogens (tertiary/aromatic N) is 2. The van der Waals surface area contributed by atoms with Gasteiger partial charge < -0.3 is 9.88 Å². The van der Waals surface area contributed by atoms with E-state index in [2.05, 4.69) is 61.0 Å². The van der Waals surface area contributed by atoms with E-state index in [1.807, 2.05) is 24.3 Å². The molecule has 4 nitrogen and oxygen atoms in total. The summed E-state index contributed by atoms with van der Waals surface area (Å²) in [5.41, 5.74) is 3.28. The Labute approximate surface area is 155 Å². The fourth-order valence-corrected chi connectivity index (χ4v) is 3.50. The van der Waals surface area contributed by atoms with E-state index in [0.717, 1.165) is 29.7 Å². The van der Waals surface area contributed by atoms with E-state index in [-0.39, 0.29) is 17.9 Å². The Morgan fingerprint density at radius 1 is 1.04 bits per heavy atom. The fourth-order valence-electron chi connectivity index (χ4n) is 3.50. The minimum absolute atomic E-state index is 0.0689. The Morgan fingerprint density at radius 3 is 2.38 bits per heavy atom. The SMILES string of the molecule is CCC(CC)C(=O)NCc1nc2ccccc2n1C(C)c1ccccc1.